The van der Waals surface area contributed by atoms with Gasteiger partial charge in [0, 0.05) is 18.2 Å². The minimum atomic E-state index is -0.849. The van der Waals surface area contributed by atoms with Crippen molar-refractivity contribution >= 4 is 11.9 Å². The second-order valence-electron chi connectivity index (χ2n) is 4.83. The van der Waals surface area contributed by atoms with Crippen molar-refractivity contribution in [1.29, 1.82) is 0 Å². The maximum atomic E-state index is 12.3. The highest BCUT2D eigenvalue weighted by Crippen LogP contribution is 2.26. The van der Waals surface area contributed by atoms with Crippen LogP contribution in [-0.2, 0) is 11.4 Å². The molecule has 0 aliphatic carbocycles. The predicted octanol–water partition coefficient (Wildman–Crippen LogP) is 1.11. The molecule has 2 unspecified atom stereocenters. The molecule has 0 saturated carbocycles. The monoisotopic (exact) mass is 263 g/mol. The van der Waals surface area contributed by atoms with Gasteiger partial charge in [0.1, 0.15) is 0 Å². The summed E-state index contributed by atoms with van der Waals surface area (Å²) in [7, 11) is 0. The average Bonchev–Trinajstić information content (AvgIpc) is 2.80. The zero-order valence-corrected chi connectivity index (χ0v) is 10.7. The van der Waals surface area contributed by atoms with E-state index in [-0.39, 0.29) is 18.6 Å². The number of rotatable bonds is 3. The lowest BCUT2D eigenvalue weighted by atomic mass is 10.0. The second-order valence-corrected chi connectivity index (χ2v) is 4.83. The molecule has 1 amide bonds. The van der Waals surface area contributed by atoms with Gasteiger partial charge in [0.05, 0.1) is 12.5 Å². The number of carbonyl (C=O) groups excluding carboxylic acids is 1. The molecule has 2 atom stereocenters. The topological polar surface area (TPSA) is 77.8 Å². The first kappa shape index (κ1) is 13.5. The van der Waals surface area contributed by atoms with Crippen LogP contribution in [0.5, 0.6) is 0 Å². The SMILES string of the molecule is CC1C(C(=O)O)CCN1C(=O)c1ccc(CO)cc1. The van der Waals surface area contributed by atoms with Gasteiger partial charge in [-0.2, -0.15) is 0 Å². The average molecular weight is 263 g/mol. The zero-order chi connectivity index (χ0) is 14.0. The van der Waals surface area contributed by atoms with E-state index in [1.54, 1.807) is 36.1 Å². The summed E-state index contributed by atoms with van der Waals surface area (Å²) in [4.78, 5) is 24.9. The van der Waals surface area contributed by atoms with Crippen molar-refractivity contribution in [3.8, 4) is 0 Å². The number of amides is 1. The van der Waals surface area contributed by atoms with E-state index in [4.69, 9.17) is 10.2 Å². The molecule has 1 heterocycles. The molecular weight excluding hydrogens is 246 g/mol. The molecule has 2 N–H and O–H groups in total. The Kier molecular flexibility index (Phi) is 3.85. The number of aliphatic hydroxyl groups is 1. The first-order valence-corrected chi connectivity index (χ1v) is 6.28. The van der Waals surface area contributed by atoms with Crippen LogP contribution in [0.25, 0.3) is 0 Å². The van der Waals surface area contributed by atoms with Crippen molar-refractivity contribution in [3.63, 3.8) is 0 Å². The summed E-state index contributed by atoms with van der Waals surface area (Å²) in [6.07, 6.45) is 0.497. The van der Waals surface area contributed by atoms with Crippen LogP contribution in [0.1, 0.15) is 29.3 Å². The molecule has 1 saturated heterocycles. The van der Waals surface area contributed by atoms with E-state index in [9.17, 15) is 9.59 Å². The summed E-state index contributed by atoms with van der Waals surface area (Å²) >= 11 is 0. The van der Waals surface area contributed by atoms with Gasteiger partial charge in [-0.15, -0.1) is 0 Å². The van der Waals surface area contributed by atoms with Gasteiger partial charge in [-0.1, -0.05) is 12.1 Å². The quantitative estimate of drug-likeness (QED) is 0.856. The Hall–Kier alpha value is -1.88. The lowest BCUT2D eigenvalue weighted by Crippen LogP contribution is -2.37. The molecule has 2 rings (SSSR count). The molecule has 1 aromatic carbocycles. The number of aliphatic carboxylic acids is 1. The van der Waals surface area contributed by atoms with Gasteiger partial charge in [-0.05, 0) is 31.0 Å². The lowest BCUT2D eigenvalue weighted by Gasteiger charge is -2.23. The molecule has 19 heavy (non-hydrogen) atoms. The van der Waals surface area contributed by atoms with Crippen LogP contribution in [0.3, 0.4) is 0 Å². The summed E-state index contributed by atoms with van der Waals surface area (Å²) in [5, 5.41) is 18.0. The first-order chi connectivity index (χ1) is 9.04. The smallest absolute Gasteiger partial charge is 0.308 e. The molecule has 1 aliphatic heterocycles. The molecular formula is C14H17NO4. The van der Waals surface area contributed by atoms with E-state index in [0.717, 1.165) is 5.56 Å². The zero-order valence-electron chi connectivity index (χ0n) is 10.7. The molecule has 1 aromatic rings. The maximum absolute atomic E-state index is 12.3. The fourth-order valence-electron chi connectivity index (χ4n) is 2.48. The van der Waals surface area contributed by atoms with E-state index < -0.39 is 11.9 Å². The largest absolute Gasteiger partial charge is 0.481 e. The molecule has 5 nitrogen and oxygen atoms in total. The van der Waals surface area contributed by atoms with Crippen molar-refractivity contribution in [2.24, 2.45) is 5.92 Å². The minimum Gasteiger partial charge on any atom is -0.481 e. The van der Waals surface area contributed by atoms with Gasteiger partial charge in [0.15, 0.2) is 0 Å². The molecule has 0 radical (unpaired) electrons. The fourth-order valence-corrected chi connectivity index (χ4v) is 2.48. The van der Waals surface area contributed by atoms with E-state index in [2.05, 4.69) is 0 Å². The van der Waals surface area contributed by atoms with Gasteiger partial charge in [-0.25, -0.2) is 0 Å². The molecule has 1 aliphatic rings. The first-order valence-electron chi connectivity index (χ1n) is 6.28. The van der Waals surface area contributed by atoms with Crippen LogP contribution in [-0.4, -0.2) is 39.6 Å². The third-order valence-corrected chi connectivity index (χ3v) is 3.72. The number of nitrogens with zero attached hydrogens (tertiary/aromatic N) is 1. The number of carbonyl (C=O) groups is 2. The van der Waals surface area contributed by atoms with Gasteiger partial charge in [0.2, 0.25) is 0 Å². The highest BCUT2D eigenvalue weighted by molar-refractivity contribution is 5.95. The maximum Gasteiger partial charge on any atom is 0.308 e. The van der Waals surface area contributed by atoms with Crippen LogP contribution < -0.4 is 0 Å². The van der Waals surface area contributed by atoms with Crippen molar-refractivity contribution in [2.75, 3.05) is 6.54 Å². The Morgan fingerprint density at radius 2 is 1.95 bits per heavy atom. The third-order valence-electron chi connectivity index (χ3n) is 3.72. The lowest BCUT2D eigenvalue weighted by molar-refractivity contribution is -0.142. The molecule has 0 bridgehead atoms. The fraction of sp³-hybridized carbons (Fsp3) is 0.429. The normalized spacial score (nSPS) is 22.5. The molecule has 5 heteroatoms. The van der Waals surface area contributed by atoms with Crippen LogP contribution in [0.15, 0.2) is 24.3 Å². The molecule has 1 fully saturated rings. The van der Waals surface area contributed by atoms with Crippen molar-refractivity contribution in [1.82, 2.24) is 4.90 Å². The summed E-state index contributed by atoms with van der Waals surface area (Å²) in [6, 6.07) is 6.43. The standard InChI is InChI=1S/C14H17NO4/c1-9-12(14(18)19)6-7-15(9)13(17)11-4-2-10(8-16)3-5-11/h2-5,9,12,16H,6-8H2,1H3,(H,18,19). The van der Waals surface area contributed by atoms with E-state index in [1.165, 1.54) is 0 Å². The molecule has 0 spiro atoms. The van der Waals surface area contributed by atoms with E-state index in [0.29, 0.717) is 18.5 Å². The van der Waals surface area contributed by atoms with Crippen molar-refractivity contribution in [3.05, 3.63) is 35.4 Å². The minimum absolute atomic E-state index is 0.0598. The highest BCUT2D eigenvalue weighted by Gasteiger charge is 2.38. The third kappa shape index (κ3) is 2.61. The van der Waals surface area contributed by atoms with Crippen LogP contribution >= 0.6 is 0 Å². The Morgan fingerprint density at radius 1 is 1.32 bits per heavy atom. The van der Waals surface area contributed by atoms with Gasteiger partial charge >= 0.3 is 5.97 Å². The van der Waals surface area contributed by atoms with E-state index in [1.807, 2.05) is 0 Å². The van der Waals surface area contributed by atoms with Crippen molar-refractivity contribution < 1.29 is 19.8 Å². The Morgan fingerprint density at radius 3 is 2.42 bits per heavy atom. The number of aliphatic hydroxyl groups excluding tert-OH is 1. The van der Waals surface area contributed by atoms with Gasteiger partial charge in [0.25, 0.3) is 5.91 Å². The van der Waals surface area contributed by atoms with Gasteiger partial charge in [-0.3, -0.25) is 9.59 Å². The number of hydrogen-bond donors (Lipinski definition) is 2. The Bertz CT molecular complexity index is 483. The number of carboxylic acids is 1. The summed E-state index contributed by atoms with van der Waals surface area (Å²) in [6.45, 7) is 2.18. The number of benzene rings is 1. The molecule has 0 aromatic heterocycles. The second kappa shape index (κ2) is 5.40. The summed E-state index contributed by atoms with van der Waals surface area (Å²) < 4.78 is 0. The number of hydrogen-bond acceptors (Lipinski definition) is 3. The van der Waals surface area contributed by atoms with Gasteiger partial charge < -0.3 is 15.1 Å². The molecule has 102 valence electrons. The summed E-state index contributed by atoms with van der Waals surface area (Å²) in [5.74, 6) is -1.49. The van der Waals surface area contributed by atoms with Crippen molar-refractivity contribution in [2.45, 2.75) is 26.0 Å². The highest BCUT2D eigenvalue weighted by atomic mass is 16.4. The van der Waals surface area contributed by atoms with Crippen LogP contribution in [0.4, 0.5) is 0 Å². The Balaban J connectivity index is 2.13. The van der Waals surface area contributed by atoms with Crippen LogP contribution in [0.2, 0.25) is 0 Å². The van der Waals surface area contributed by atoms with Crippen LogP contribution in [0, 0.1) is 5.92 Å². The number of carboxylic acid groups (broad SMARTS) is 1. The number of likely N-dealkylation sites (tertiary alicyclic amines) is 1. The van der Waals surface area contributed by atoms with E-state index >= 15 is 0 Å². The summed E-state index contributed by atoms with van der Waals surface area (Å²) in [5.41, 5.74) is 1.27. The predicted molar refractivity (Wildman–Crippen MR) is 68.6 cm³/mol. The Labute approximate surface area is 111 Å².